The summed E-state index contributed by atoms with van der Waals surface area (Å²) in [5.74, 6) is -1.42. The molecule has 1 amide bonds. The Labute approximate surface area is 145 Å². The summed E-state index contributed by atoms with van der Waals surface area (Å²) >= 11 is 5.81. The van der Waals surface area contributed by atoms with E-state index in [1.165, 1.54) is 16.8 Å². The van der Waals surface area contributed by atoms with Crippen molar-refractivity contribution < 1.29 is 22.4 Å². The molecule has 0 aliphatic heterocycles. The van der Waals surface area contributed by atoms with Gasteiger partial charge in [0.2, 0.25) is 0 Å². The molecule has 3 rings (SSSR count). The molecule has 0 saturated heterocycles. The van der Waals surface area contributed by atoms with Gasteiger partial charge in [0.05, 0.1) is 17.1 Å². The van der Waals surface area contributed by atoms with Crippen LogP contribution in [0.3, 0.4) is 0 Å². The Morgan fingerprint density at radius 2 is 2.08 bits per heavy atom. The smallest absolute Gasteiger partial charge is 0.350 e. The molecule has 1 N–H and O–H groups in total. The number of nitrogens with zero attached hydrogens (tertiary/aromatic N) is 2. The van der Waals surface area contributed by atoms with Crippen molar-refractivity contribution in [2.24, 2.45) is 0 Å². The molecular formula is C16H14ClF4N3O. The van der Waals surface area contributed by atoms with Crippen LogP contribution in [-0.4, -0.2) is 22.2 Å². The summed E-state index contributed by atoms with van der Waals surface area (Å²) in [5.41, 5.74) is -0.730. The number of carbonyl (C=O) groups excluding carboxylic acids is 1. The number of nitrogens with one attached hydrogen (secondary N) is 1. The van der Waals surface area contributed by atoms with Gasteiger partial charge in [-0.2, -0.15) is 18.3 Å². The lowest BCUT2D eigenvalue weighted by molar-refractivity contribution is -0.141. The summed E-state index contributed by atoms with van der Waals surface area (Å²) in [6, 6.07) is 4.91. The average Bonchev–Trinajstić information content (AvgIpc) is 3.26. The van der Waals surface area contributed by atoms with Crippen LogP contribution in [0, 0.1) is 5.82 Å². The number of hydrogen-bond donors (Lipinski definition) is 1. The van der Waals surface area contributed by atoms with Crippen LogP contribution in [0.2, 0.25) is 5.02 Å². The van der Waals surface area contributed by atoms with Crippen molar-refractivity contribution in [3.8, 4) is 0 Å². The normalized spacial score (nSPS) is 14.6. The summed E-state index contributed by atoms with van der Waals surface area (Å²) in [6.45, 7) is 0.0575. The van der Waals surface area contributed by atoms with Crippen molar-refractivity contribution in [2.75, 3.05) is 6.54 Å². The SMILES string of the molecule is O=C(NCCn1nc(C(F)(F)F)cc1C1CC1)c1c(F)cccc1Cl. The number of amides is 1. The van der Waals surface area contributed by atoms with Gasteiger partial charge in [-0.15, -0.1) is 0 Å². The molecule has 4 nitrogen and oxygen atoms in total. The molecule has 9 heteroatoms. The number of alkyl halides is 3. The molecule has 1 aromatic carbocycles. The molecule has 1 aromatic heterocycles. The molecule has 1 saturated carbocycles. The Bertz CT molecular complexity index is 779. The van der Waals surface area contributed by atoms with Gasteiger partial charge in [-0.3, -0.25) is 9.48 Å². The topological polar surface area (TPSA) is 46.9 Å². The molecule has 1 aliphatic rings. The van der Waals surface area contributed by atoms with Gasteiger partial charge in [0, 0.05) is 18.2 Å². The number of benzene rings is 1. The standard InChI is InChI=1S/C16H14ClF4N3O/c17-10-2-1-3-11(18)14(10)15(25)22-6-7-24-12(9-4-5-9)8-13(23-24)16(19,20)21/h1-3,8-9H,4-7H2,(H,22,25). The third kappa shape index (κ3) is 3.95. The summed E-state index contributed by atoms with van der Waals surface area (Å²) in [6.07, 6.45) is -2.88. The summed E-state index contributed by atoms with van der Waals surface area (Å²) < 4.78 is 53.4. The second-order valence-corrected chi connectivity index (χ2v) is 6.21. The highest BCUT2D eigenvalue weighted by molar-refractivity contribution is 6.33. The second-order valence-electron chi connectivity index (χ2n) is 5.80. The first kappa shape index (κ1) is 17.7. The quantitative estimate of drug-likeness (QED) is 0.803. The Kier molecular flexibility index (Phi) is 4.73. The van der Waals surface area contributed by atoms with Gasteiger partial charge in [0.15, 0.2) is 5.69 Å². The number of rotatable bonds is 5. The van der Waals surface area contributed by atoms with E-state index in [0.29, 0.717) is 5.69 Å². The van der Waals surface area contributed by atoms with Crippen molar-refractivity contribution in [3.63, 3.8) is 0 Å². The van der Waals surface area contributed by atoms with Crippen molar-refractivity contribution >= 4 is 17.5 Å². The van der Waals surface area contributed by atoms with E-state index in [4.69, 9.17) is 11.6 Å². The molecule has 0 radical (unpaired) electrons. The highest BCUT2D eigenvalue weighted by Gasteiger charge is 2.37. The third-order valence-electron chi connectivity index (χ3n) is 3.90. The molecule has 2 aromatic rings. The Balaban J connectivity index is 1.68. The fourth-order valence-corrected chi connectivity index (χ4v) is 2.78. The van der Waals surface area contributed by atoms with Gasteiger partial charge in [0.1, 0.15) is 5.82 Å². The van der Waals surface area contributed by atoms with Crippen LogP contribution >= 0.6 is 11.6 Å². The van der Waals surface area contributed by atoms with Crippen molar-refractivity contribution in [1.29, 1.82) is 0 Å². The maximum atomic E-state index is 13.7. The lowest BCUT2D eigenvalue weighted by Crippen LogP contribution is -2.29. The molecular weight excluding hydrogens is 362 g/mol. The van der Waals surface area contributed by atoms with Gasteiger partial charge < -0.3 is 5.32 Å². The zero-order valence-corrected chi connectivity index (χ0v) is 13.7. The predicted octanol–water partition coefficient (Wildman–Crippen LogP) is 4.00. The fourth-order valence-electron chi connectivity index (χ4n) is 2.54. The molecule has 1 heterocycles. The van der Waals surface area contributed by atoms with E-state index in [0.717, 1.165) is 25.0 Å². The van der Waals surface area contributed by atoms with E-state index in [9.17, 15) is 22.4 Å². The van der Waals surface area contributed by atoms with Crippen LogP contribution < -0.4 is 5.32 Å². The molecule has 0 bridgehead atoms. The van der Waals surface area contributed by atoms with E-state index in [1.807, 2.05) is 0 Å². The van der Waals surface area contributed by atoms with Crippen LogP contribution in [-0.2, 0) is 12.7 Å². The molecule has 0 unspecified atom stereocenters. The molecule has 0 atom stereocenters. The minimum Gasteiger partial charge on any atom is -0.350 e. The first-order valence-corrected chi connectivity index (χ1v) is 8.02. The minimum atomic E-state index is -4.52. The van der Waals surface area contributed by atoms with E-state index in [1.54, 1.807) is 0 Å². The van der Waals surface area contributed by atoms with Gasteiger partial charge in [-0.25, -0.2) is 4.39 Å². The molecule has 25 heavy (non-hydrogen) atoms. The highest BCUT2D eigenvalue weighted by atomic mass is 35.5. The summed E-state index contributed by atoms with van der Waals surface area (Å²) in [5, 5.41) is 6.01. The van der Waals surface area contributed by atoms with E-state index in [2.05, 4.69) is 10.4 Å². The monoisotopic (exact) mass is 375 g/mol. The number of halogens is 5. The third-order valence-corrected chi connectivity index (χ3v) is 4.21. The maximum Gasteiger partial charge on any atom is 0.435 e. The zero-order chi connectivity index (χ0) is 18.2. The van der Waals surface area contributed by atoms with Crippen LogP contribution in [0.1, 0.15) is 40.5 Å². The lowest BCUT2D eigenvalue weighted by Gasteiger charge is -2.10. The first-order valence-electron chi connectivity index (χ1n) is 7.64. The molecule has 134 valence electrons. The first-order chi connectivity index (χ1) is 11.8. The maximum absolute atomic E-state index is 13.7. The van der Waals surface area contributed by atoms with Gasteiger partial charge in [-0.1, -0.05) is 17.7 Å². The van der Waals surface area contributed by atoms with Gasteiger partial charge in [-0.05, 0) is 31.0 Å². The van der Waals surface area contributed by atoms with Crippen LogP contribution in [0.5, 0.6) is 0 Å². The number of hydrogen-bond acceptors (Lipinski definition) is 2. The molecule has 1 fully saturated rings. The minimum absolute atomic E-state index is 0.00218. The van der Waals surface area contributed by atoms with Crippen molar-refractivity contribution in [2.45, 2.75) is 31.5 Å². The summed E-state index contributed by atoms with van der Waals surface area (Å²) in [4.78, 5) is 12.0. The largest absolute Gasteiger partial charge is 0.435 e. The lowest BCUT2D eigenvalue weighted by atomic mass is 10.2. The number of aromatic nitrogens is 2. The zero-order valence-electron chi connectivity index (χ0n) is 12.9. The van der Waals surface area contributed by atoms with Crippen LogP contribution in [0.4, 0.5) is 17.6 Å². The summed E-state index contributed by atoms with van der Waals surface area (Å²) in [7, 11) is 0. The predicted molar refractivity (Wildman–Crippen MR) is 82.9 cm³/mol. The highest BCUT2D eigenvalue weighted by Crippen LogP contribution is 2.42. The second kappa shape index (κ2) is 6.67. The Morgan fingerprint density at radius 3 is 2.68 bits per heavy atom. The fraction of sp³-hybridized carbons (Fsp3) is 0.375. The van der Waals surface area contributed by atoms with Gasteiger partial charge in [0.25, 0.3) is 5.91 Å². The van der Waals surface area contributed by atoms with Crippen LogP contribution in [0.15, 0.2) is 24.3 Å². The average molecular weight is 376 g/mol. The molecule has 1 aliphatic carbocycles. The van der Waals surface area contributed by atoms with Crippen molar-refractivity contribution in [1.82, 2.24) is 15.1 Å². The number of carbonyl (C=O) groups is 1. The van der Waals surface area contributed by atoms with E-state index >= 15 is 0 Å². The van der Waals surface area contributed by atoms with E-state index < -0.39 is 23.6 Å². The molecule has 0 spiro atoms. The van der Waals surface area contributed by atoms with Gasteiger partial charge >= 0.3 is 6.18 Å². The van der Waals surface area contributed by atoms with Crippen LogP contribution in [0.25, 0.3) is 0 Å². The Morgan fingerprint density at radius 1 is 1.36 bits per heavy atom. The van der Waals surface area contributed by atoms with E-state index in [-0.39, 0.29) is 29.6 Å². The van der Waals surface area contributed by atoms with Crippen molar-refractivity contribution in [3.05, 3.63) is 52.1 Å². The Hall–Kier alpha value is -2.09.